The van der Waals surface area contributed by atoms with Crippen LogP contribution >= 0.6 is 27.3 Å². The summed E-state index contributed by atoms with van der Waals surface area (Å²) in [5, 5.41) is 11.4. The van der Waals surface area contributed by atoms with Gasteiger partial charge in [0, 0.05) is 38.3 Å². The number of carbonyl (C=O) groups is 2. The molecule has 0 spiro atoms. The lowest BCUT2D eigenvalue weighted by Crippen LogP contribution is -1.99. The molecule has 3 nitrogen and oxygen atoms in total. The second-order valence-corrected chi connectivity index (χ2v) is 6.02. The van der Waals surface area contributed by atoms with Crippen molar-refractivity contribution >= 4 is 49.1 Å². The molecule has 0 aliphatic rings. The van der Waals surface area contributed by atoms with E-state index in [9.17, 15) is 9.59 Å². The van der Waals surface area contributed by atoms with Crippen molar-refractivity contribution in [2.75, 3.05) is 0 Å². The standard InChI is InChI=1S/C14H13BrO3S/c15-11-5-3-4-9-10(8-19-14(9)11)12(16)6-1-2-7-13(17)18/h3-5,8H,1-2,6-7H2,(H,17,18). The van der Waals surface area contributed by atoms with Crippen LogP contribution in [-0.4, -0.2) is 16.9 Å². The van der Waals surface area contributed by atoms with Crippen molar-refractivity contribution in [2.24, 2.45) is 0 Å². The van der Waals surface area contributed by atoms with Crippen LogP contribution in [0.1, 0.15) is 36.0 Å². The van der Waals surface area contributed by atoms with Gasteiger partial charge in [-0.15, -0.1) is 11.3 Å². The van der Waals surface area contributed by atoms with Crippen molar-refractivity contribution < 1.29 is 14.7 Å². The maximum Gasteiger partial charge on any atom is 0.303 e. The SMILES string of the molecule is O=C(O)CCCCC(=O)c1csc2c(Br)cccc12. The Balaban J connectivity index is 2.06. The molecule has 0 unspecified atom stereocenters. The molecule has 0 fully saturated rings. The smallest absolute Gasteiger partial charge is 0.303 e. The Morgan fingerprint density at radius 3 is 2.68 bits per heavy atom. The number of hydrogen-bond donors (Lipinski definition) is 1. The average Bonchev–Trinajstić information content (AvgIpc) is 2.79. The number of rotatable bonds is 6. The minimum Gasteiger partial charge on any atom is -0.481 e. The first-order valence-corrected chi connectivity index (χ1v) is 7.67. The van der Waals surface area contributed by atoms with Gasteiger partial charge in [0.15, 0.2) is 5.78 Å². The minimum absolute atomic E-state index is 0.0924. The number of halogens is 1. The molecule has 0 aliphatic carbocycles. The highest BCUT2D eigenvalue weighted by Gasteiger charge is 2.13. The number of carbonyl (C=O) groups excluding carboxylic acids is 1. The second-order valence-electron chi connectivity index (χ2n) is 4.29. The summed E-state index contributed by atoms with van der Waals surface area (Å²) in [5.74, 6) is -0.716. The summed E-state index contributed by atoms with van der Waals surface area (Å²) in [5.41, 5.74) is 0.747. The van der Waals surface area contributed by atoms with E-state index < -0.39 is 5.97 Å². The summed E-state index contributed by atoms with van der Waals surface area (Å²) in [7, 11) is 0. The molecule has 0 radical (unpaired) electrons. The normalized spacial score (nSPS) is 10.8. The fourth-order valence-electron chi connectivity index (χ4n) is 1.93. The molecule has 2 aromatic rings. The number of carboxylic acids is 1. The molecule has 1 aromatic carbocycles. The van der Waals surface area contributed by atoms with E-state index in [0.29, 0.717) is 19.3 Å². The van der Waals surface area contributed by atoms with Crippen LogP contribution in [0, 0.1) is 0 Å². The van der Waals surface area contributed by atoms with Gasteiger partial charge in [0.1, 0.15) is 0 Å². The van der Waals surface area contributed by atoms with Gasteiger partial charge in [-0.25, -0.2) is 0 Å². The molecule has 0 amide bonds. The fourth-order valence-corrected chi connectivity index (χ4v) is 3.56. The molecule has 100 valence electrons. The second kappa shape index (κ2) is 6.30. The van der Waals surface area contributed by atoms with Crippen molar-refractivity contribution in [3.05, 3.63) is 33.6 Å². The molecule has 1 aromatic heterocycles. The van der Waals surface area contributed by atoms with Crippen LogP contribution < -0.4 is 0 Å². The van der Waals surface area contributed by atoms with Gasteiger partial charge in [-0.1, -0.05) is 12.1 Å². The lowest BCUT2D eigenvalue weighted by molar-refractivity contribution is -0.137. The van der Waals surface area contributed by atoms with Crippen LogP contribution in [0.5, 0.6) is 0 Å². The number of carboxylic acid groups (broad SMARTS) is 1. The molecular formula is C14H13BrO3S. The molecular weight excluding hydrogens is 328 g/mol. The van der Waals surface area contributed by atoms with E-state index in [0.717, 1.165) is 20.1 Å². The fraction of sp³-hybridized carbons (Fsp3) is 0.286. The maximum atomic E-state index is 12.1. The van der Waals surface area contributed by atoms with Gasteiger partial charge in [0.25, 0.3) is 0 Å². The first-order valence-electron chi connectivity index (χ1n) is 6.00. The van der Waals surface area contributed by atoms with Crippen molar-refractivity contribution in [1.82, 2.24) is 0 Å². The van der Waals surface area contributed by atoms with Crippen molar-refractivity contribution in [2.45, 2.75) is 25.7 Å². The molecule has 0 aliphatic heterocycles. The third-order valence-electron chi connectivity index (χ3n) is 2.90. The summed E-state index contributed by atoms with van der Waals surface area (Å²) < 4.78 is 2.08. The minimum atomic E-state index is -0.808. The van der Waals surface area contributed by atoms with E-state index in [2.05, 4.69) is 15.9 Å². The molecule has 0 bridgehead atoms. The van der Waals surface area contributed by atoms with Crippen molar-refractivity contribution in [3.63, 3.8) is 0 Å². The third-order valence-corrected chi connectivity index (χ3v) is 4.85. The summed E-state index contributed by atoms with van der Waals surface area (Å²) in [4.78, 5) is 22.5. The van der Waals surface area contributed by atoms with Gasteiger partial charge in [0.05, 0.1) is 0 Å². The number of thiophene rings is 1. The predicted octanol–water partition coefficient (Wildman–Crippen LogP) is 4.49. The van der Waals surface area contributed by atoms with Gasteiger partial charge in [-0.05, 0) is 34.8 Å². The molecule has 0 saturated heterocycles. The highest BCUT2D eigenvalue weighted by molar-refractivity contribution is 9.10. The summed E-state index contributed by atoms with van der Waals surface area (Å²) in [6, 6.07) is 5.82. The number of Topliss-reactive ketones (excluding diaryl/α,β-unsaturated/α-hetero) is 1. The number of benzene rings is 1. The summed E-state index contributed by atoms with van der Waals surface area (Å²) in [6.07, 6.45) is 1.71. The van der Waals surface area contributed by atoms with Gasteiger partial charge in [-0.2, -0.15) is 0 Å². The van der Waals surface area contributed by atoms with Crippen molar-refractivity contribution in [1.29, 1.82) is 0 Å². The Morgan fingerprint density at radius 2 is 1.95 bits per heavy atom. The lowest BCUT2D eigenvalue weighted by Gasteiger charge is -2.00. The highest BCUT2D eigenvalue weighted by Crippen LogP contribution is 2.32. The van der Waals surface area contributed by atoms with E-state index in [4.69, 9.17) is 5.11 Å². The monoisotopic (exact) mass is 340 g/mol. The zero-order valence-electron chi connectivity index (χ0n) is 10.2. The van der Waals surface area contributed by atoms with Gasteiger partial charge in [-0.3, -0.25) is 9.59 Å². The molecule has 0 atom stereocenters. The number of unbranched alkanes of at least 4 members (excludes halogenated alkanes) is 1. The Hall–Kier alpha value is -1.20. The van der Waals surface area contributed by atoms with Crippen LogP contribution in [0.25, 0.3) is 10.1 Å². The number of ketones is 1. The summed E-state index contributed by atoms with van der Waals surface area (Å²) in [6.45, 7) is 0. The van der Waals surface area contributed by atoms with E-state index in [1.807, 2.05) is 23.6 Å². The molecule has 1 heterocycles. The lowest BCUT2D eigenvalue weighted by atomic mass is 10.0. The zero-order chi connectivity index (χ0) is 13.8. The van der Waals surface area contributed by atoms with E-state index in [1.54, 1.807) is 11.3 Å². The van der Waals surface area contributed by atoms with Crippen LogP contribution in [0.3, 0.4) is 0 Å². The topological polar surface area (TPSA) is 54.4 Å². The van der Waals surface area contributed by atoms with E-state index in [-0.39, 0.29) is 12.2 Å². The molecule has 0 saturated carbocycles. The number of aliphatic carboxylic acids is 1. The Morgan fingerprint density at radius 1 is 1.21 bits per heavy atom. The van der Waals surface area contributed by atoms with E-state index >= 15 is 0 Å². The average molecular weight is 341 g/mol. The molecule has 1 N–H and O–H groups in total. The van der Waals surface area contributed by atoms with Crippen LogP contribution in [0.2, 0.25) is 0 Å². The van der Waals surface area contributed by atoms with E-state index in [1.165, 1.54) is 0 Å². The van der Waals surface area contributed by atoms with Crippen LogP contribution in [0.15, 0.2) is 28.1 Å². The molecule has 19 heavy (non-hydrogen) atoms. The first kappa shape index (κ1) is 14.2. The van der Waals surface area contributed by atoms with Crippen LogP contribution in [0.4, 0.5) is 0 Å². The zero-order valence-corrected chi connectivity index (χ0v) is 12.6. The Bertz CT molecular complexity index is 618. The predicted molar refractivity (Wildman–Crippen MR) is 80.0 cm³/mol. The van der Waals surface area contributed by atoms with Gasteiger partial charge in [0.2, 0.25) is 0 Å². The number of fused-ring (bicyclic) bond motifs is 1. The maximum absolute atomic E-state index is 12.1. The van der Waals surface area contributed by atoms with Gasteiger partial charge < -0.3 is 5.11 Å². The highest BCUT2D eigenvalue weighted by atomic mass is 79.9. The van der Waals surface area contributed by atoms with Crippen molar-refractivity contribution in [3.8, 4) is 0 Å². The molecule has 2 rings (SSSR count). The van der Waals surface area contributed by atoms with Gasteiger partial charge >= 0.3 is 5.97 Å². The molecule has 5 heteroatoms. The largest absolute Gasteiger partial charge is 0.481 e. The number of hydrogen-bond acceptors (Lipinski definition) is 3. The quantitative estimate of drug-likeness (QED) is 0.622. The third kappa shape index (κ3) is 3.42. The Labute approximate surface area is 123 Å². The van der Waals surface area contributed by atoms with Crippen LogP contribution in [-0.2, 0) is 4.79 Å². The summed E-state index contributed by atoms with van der Waals surface area (Å²) >= 11 is 5.02. The Kier molecular flexibility index (Phi) is 4.71. The first-order chi connectivity index (χ1) is 9.09.